The standard InChI is InChI=1S/C15H29NO.C9H8N4O.C2H6/c1-2-17-13-15-9-6-10-16(12-15)11-14-7-4-3-5-8-14;1-7(14)8-2-4-9(5-3-8)13-6-10-11-12-13;1-2/h14-15H,2-13H2,1H3;2-6H,1H3;1-2H3. The Morgan fingerprint density at radius 1 is 1.03 bits per heavy atom. The fourth-order valence-electron chi connectivity index (χ4n) is 4.60. The van der Waals surface area contributed by atoms with Crippen LogP contribution in [0.4, 0.5) is 0 Å². The van der Waals surface area contributed by atoms with Gasteiger partial charge in [0.05, 0.1) is 12.3 Å². The molecule has 0 N–H and O–H groups in total. The Kier molecular flexibility index (Phi) is 12.9. The summed E-state index contributed by atoms with van der Waals surface area (Å²) < 4.78 is 7.12. The normalized spacial score (nSPS) is 19.1. The van der Waals surface area contributed by atoms with Crippen LogP contribution in [-0.4, -0.2) is 63.7 Å². The summed E-state index contributed by atoms with van der Waals surface area (Å²) in [7, 11) is 0. The third-order valence-electron chi connectivity index (χ3n) is 6.29. The zero-order chi connectivity index (χ0) is 23.9. The second-order valence-electron chi connectivity index (χ2n) is 8.79. The molecule has 1 saturated carbocycles. The van der Waals surface area contributed by atoms with Crippen LogP contribution < -0.4 is 0 Å². The van der Waals surface area contributed by atoms with E-state index in [1.54, 1.807) is 24.3 Å². The minimum atomic E-state index is 0.0493. The smallest absolute Gasteiger partial charge is 0.159 e. The second kappa shape index (κ2) is 15.7. The van der Waals surface area contributed by atoms with Crippen molar-refractivity contribution in [3.63, 3.8) is 0 Å². The van der Waals surface area contributed by atoms with E-state index in [0.29, 0.717) is 5.56 Å². The van der Waals surface area contributed by atoms with Crippen molar-refractivity contribution in [1.82, 2.24) is 25.1 Å². The lowest BCUT2D eigenvalue weighted by Crippen LogP contribution is -2.40. The number of nitrogens with zero attached hydrogens (tertiary/aromatic N) is 5. The van der Waals surface area contributed by atoms with Gasteiger partial charge in [0.1, 0.15) is 6.33 Å². The number of carbonyl (C=O) groups is 1. The van der Waals surface area contributed by atoms with Crippen LogP contribution in [0.25, 0.3) is 5.69 Å². The van der Waals surface area contributed by atoms with Crippen molar-refractivity contribution < 1.29 is 9.53 Å². The molecular formula is C26H43N5O2. The van der Waals surface area contributed by atoms with Crippen LogP contribution in [0.2, 0.25) is 0 Å². The molecule has 0 radical (unpaired) electrons. The molecule has 2 aromatic rings. The van der Waals surface area contributed by atoms with E-state index in [1.807, 2.05) is 13.8 Å². The van der Waals surface area contributed by atoms with Gasteiger partial charge in [0.2, 0.25) is 0 Å². The molecule has 1 aromatic heterocycles. The van der Waals surface area contributed by atoms with Gasteiger partial charge in [-0.25, -0.2) is 4.68 Å². The van der Waals surface area contributed by atoms with E-state index in [9.17, 15) is 4.79 Å². The first-order valence-corrected chi connectivity index (χ1v) is 12.8. The van der Waals surface area contributed by atoms with Crippen molar-refractivity contribution in [2.24, 2.45) is 11.8 Å². The summed E-state index contributed by atoms with van der Waals surface area (Å²) in [5.74, 6) is 1.84. The van der Waals surface area contributed by atoms with Gasteiger partial charge in [-0.05, 0) is 92.6 Å². The molecule has 1 unspecified atom stereocenters. The van der Waals surface area contributed by atoms with Gasteiger partial charge in [-0.15, -0.1) is 5.10 Å². The number of Topliss-reactive ketones (excluding diaryl/α,β-unsaturated/α-hetero) is 1. The first-order chi connectivity index (χ1) is 16.2. The molecule has 2 fully saturated rings. The number of aromatic nitrogens is 4. The van der Waals surface area contributed by atoms with Crippen molar-refractivity contribution in [1.29, 1.82) is 0 Å². The number of rotatable bonds is 7. The Morgan fingerprint density at radius 2 is 1.73 bits per heavy atom. The zero-order valence-electron chi connectivity index (χ0n) is 21.1. The Hall–Kier alpha value is -2.12. The van der Waals surface area contributed by atoms with Gasteiger partial charge in [0.25, 0.3) is 0 Å². The van der Waals surface area contributed by atoms with Crippen molar-refractivity contribution in [3.8, 4) is 5.69 Å². The first-order valence-electron chi connectivity index (χ1n) is 12.8. The van der Waals surface area contributed by atoms with E-state index < -0.39 is 0 Å². The molecule has 0 amide bonds. The number of piperidine rings is 1. The molecule has 184 valence electrons. The predicted molar refractivity (Wildman–Crippen MR) is 133 cm³/mol. The summed E-state index contributed by atoms with van der Waals surface area (Å²) >= 11 is 0. The molecule has 1 aliphatic carbocycles. The van der Waals surface area contributed by atoms with Crippen molar-refractivity contribution in [2.45, 2.75) is 72.6 Å². The fraction of sp³-hybridized carbons (Fsp3) is 0.692. The highest BCUT2D eigenvalue weighted by atomic mass is 16.5. The summed E-state index contributed by atoms with van der Waals surface area (Å²) in [5, 5.41) is 10.8. The van der Waals surface area contributed by atoms with Gasteiger partial charge in [0.15, 0.2) is 5.78 Å². The Labute approximate surface area is 199 Å². The van der Waals surface area contributed by atoms with Crippen LogP contribution in [0.5, 0.6) is 0 Å². The summed E-state index contributed by atoms with van der Waals surface area (Å²) in [5.41, 5.74) is 1.52. The fourth-order valence-corrected chi connectivity index (χ4v) is 4.60. The molecule has 1 saturated heterocycles. The van der Waals surface area contributed by atoms with Gasteiger partial charge in [-0.3, -0.25) is 4.79 Å². The molecule has 7 heteroatoms. The molecule has 33 heavy (non-hydrogen) atoms. The lowest BCUT2D eigenvalue weighted by atomic mass is 9.88. The zero-order valence-corrected chi connectivity index (χ0v) is 21.1. The van der Waals surface area contributed by atoms with Crippen molar-refractivity contribution in [3.05, 3.63) is 36.2 Å². The average molecular weight is 458 g/mol. The van der Waals surface area contributed by atoms with Crippen LogP contribution in [-0.2, 0) is 4.74 Å². The van der Waals surface area contributed by atoms with E-state index in [4.69, 9.17) is 4.74 Å². The SMILES string of the molecule is CC.CC(=O)c1ccc(-n2cnnn2)cc1.CCOCC1CCCN(CC2CCCCC2)C1. The number of ketones is 1. The summed E-state index contributed by atoms with van der Waals surface area (Å²) in [6.07, 6.45) is 11.6. The Balaban J connectivity index is 0.000000221. The van der Waals surface area contributed by atoms with E-state index in [-0.39, 0.29) is 5.78 Å². The summed E-state index contributed by atoms with van der Waals surface area (Å²) in [6.45, 7) is 13.5. The first kappa shape index (κ1) is 27.1. The molecule has 1 aliphatic heterocycles. The molecule has 0 bridgehead atoms. The van der Waals surface area contributed by atoms with Crippen LogP contribution >= 0.6 is 0 Å². The highest BCUT2D eigenvalue weighted by molar-refractivity contribution is 5.94. The maximum absolute atomic E-state index is 11.0. The molecule has 2 aliphatic rings. The van der Waals surface area contributed by atoms with E-state index >= 15 is 0 Å². The van der Waals surface area contributed by atoms with Crippen molar-refractivity contribution in [2.75, 3.05) is 32.8 Å². The largest absolute Gasteiger partial charge is 0.381 e. The average Bonchev–Trinajstić information content (AvgIpc) is 3.41. The van der Waals surface area contributed by atoms with E-state index in [2.05, 4.69) is 27.3 Å². The number of carbonyl (C=O) groups excluding carboxylic acids is 1. The van der Waals surface area contributed by atoms with Gasteiger partial charge in [-0.2, -0.15) is 0 Å². The molecule has 0 spiro atoms. The molecule has 4 rings (SSSR count). The van der Waals surface area contributed by atoms with Gasteiger partial charge in [0, 0.05) is 25.3 Å². The monoisotopic (exact) mass is 457 g/mol. The number of ether oxygens (including phenoxy) is 1. The Bertz CT molecular complexity index is 757. The molecule has 2 heterocycles. The van der Waals surface area contributed by atoms with Gasteiger partial charge < -0.3 is 9.64 Å². The minimum absolute atomic E-state index is 0.0493. The van der Waals surface area contributed by atoms with Crippen LogP contribution in [0.3, 0.4) is 0 Å². The number of hydrogen-bond donors (Lipinski definition) is 0. The summed E-state index contributed by atoms with van der Waals surface area (Å²) in [4.78, 5) is 13.7. The number of likely N-dealkylation sites (tertiary alicyclic amines) is 1. The number of benzene rings is 1. The Morgan fingerprint density at radius 3 is 2.33 bits per heavy atom. The van der Waals surface area contributed by atoms with Crippen molar-refractivity contribution >= 4 is 5.78 Å². The number of hydrogen-bond acceptors (Lipinski definition) is 6. The van der Waals surface area contributed by atoms with Crippen LogP contribution in [0, 0.1) is 11.8 Å². The number of tetrazole rings is 1. The molecular weight excluding hydrogens is 414 g/mol. The van der Waals surface area contributed by atoms with Gasteiger partial charge >= 0.3 is 0 Å². The third kappa shape index (κ3) is 9.72. The molecule has 1 aromatic carbocycles. The topological polar surface area (TPSA) is 73.1 Å². The highest BCUT2D eigenvalue weighted by Crippen LogP contribution is 2.26. The minimum Gasteiger partial charge on any atom is -0.381 e. The molecule has 1 atom stereocenters. The van der Waals surface area contributed by atoms with Gasteiger partial charge in [-0.1, -0.05) is 33.1 Å². The van der Waals surface area contributed by atoms with Crippen LogP contribution in [0.1, 0.15) is 83.0 Å². The third-order valence-corrected chi connectivity index (χ3v) is 6.29. The maximum atomic E-state index is 11.0. The lowest BCUT2D eigenvalue weighted by Gasteiger charge is -2.35. The van der Waals surface area contributed by atoms with Crippen LogP contribution in [0.15, 0.2) is 30.6 Å². The van der Waals surface area contributed by atoms with E-state index in [1.165, 1.54) is 82.5 Å². The highest BCUT2D eigenvalue weighted by Gasteiger charge is 2.23. The predicted octanol–water partition coefficient (Wildman–Crippen LogP) is 5.21. The summed E-state index contributed by atoms with van der Waals surface area (Å²) in [6, 6.07) is 7.10. The van der Waals surface area contributed by atoms with E-state index in [0.717, 1.165) is 30.7 Å². The lowest BCUT2D eigenvalue weighted by molar-refractivity contribution is 0.0591. The molecule has 7 nitrogen and oxygen atoms in total. The quantitative estimate of drug-likeness (QED) is 0.532. The second-order valence-corrected chi connectivity index (χ2v) is 8.79. The maximum Gasteiger partial charge on any atom is 0.159 e.